The molecular weight excluding hydrogens is 256 g/mol. The van der Waals surface area contributed by atoms with Crippen LogP contribution >= 0.6 is 15.9 Å². The summed E-state index contributed by atoms with van der Waals surface area (Å²) in [5.74, 6) is 1.04. The topological polar surface area (TPSA) is 25.4 Å². The maximum absolute atomic E-state index is 5.77. The number of halogens is 1. The number of pyridine rings is 1. The van der Waals surface area contributed by atoms with Gasteiger partial charge in [0.05, 0.1) is 12.2 Å². The lowest BCUT2D eigenvalue weighted by Crippen LogP contribution is -2.47. The van der Waals surface area contributed by atoms with E-state index in [0.29, 0.717) is 0 Å². The van der Waals surface area contributed by atoms with Gasteiger partial charge in [0.2, 0.25) is 0 Å². The fraction of sp³-hybridized carbons (Fsp3) is 0.545. The Hall–Kier alpha value is -0.610. The van der Waals surface area contributed by atoms with Gasteiger partial charge in [-0.2, -0.15) is 0 Å². The molecule has 3 nitrogen and oxygen atoms in total. The zero-order chi connectivity index (χ0) is 10.7. The minimum atomic E-state index is 0.260. The van der Waals surface area contributed by atoms with Crippen LogP contribution in [0, 0.1) is 0 Å². The zero-order valence-corrected chi connectivity index (χ0v) is 10.4. The molecule has 0 amide bonds. The zero-order valence-electron chi connectivity index (χ0n) is 8.77. The summed E-state index contributed by atoms with van der Waals surface area (Å²) in [5.41, 5.74) is 0. The molecule has 0 aromatic carbocycles. The van der Waals surface area contributed by atoms with E-state index in [0.717, 1.165) is 24.2 Å². The van der Waals surface area contributed by atoms with Crippen LogP contribution in [-0.2, 0) is 4.74 Å². The van der Waals surface area contributed by atoms with Crippen LogP contribution in [0.1, 0.15) is 6.92 Å². The molecule has 1 aliphatic rings. The normalized spacial score (nSPS) is 26.7. The summed E-state index contributed by atoms with van der Waals surface area (Å²) in [6.45, 7) is 3.93. The summed E-state index contributed by atoms with van der Waals surface area (Å²) in [6, 6.07) is 6.00. The number of anilines is 1. The summed E-state index contributed by atoms with van der Waals surface area (Å²) in [6.07, 6.45) is 2.36. The number of alkyl halides is 1. The van der Waals surface area contributed by atoms with Crippen molar-refractivity contribution in [1.82, 2.24) is 4.98 Å². The van der Waals surface area contributed by atoms with Crippen LogP contribution in [0.15, 0.2) is 24.4 Å². The van der Waals surface area contributed by atoms with Crippen LogP contribution < -0.4 is 4.90 Å². The third-order valence-electron chi connectivity index (χ3n) is 2.47. The highest BCUT2D eigenvalue weighted by molar-refractivity contribution is 9.09. The SMILES string of the molecule is CC1CN(c2ccccn2)CC(CBr)O1. The van der Waals surface area contributed by atoms with E-state index in [1.54, 1.807) is 0 Å². The molecule has 0 saturated carbocycles. The minimum Gasteiger partial charge on any atom is -0.371 e. The number of hydrogen-bond acceptors (Lipinski definition) is 3. The molecule has 2 heterocycles. The minimum absolute atomic E-state index is 0.260. The number of morpholine rings is 1. The molecule has 1 fully saturated rings. The monoisotopic (exact) mass is 270 g/mol. The Morgan fingerprint density at radius 3 is 3.07 bits per heavy atom. The molecule has 0 aliphatic carbocycles. The van der Waals surface area contributed by atoms with Crippen molar-refractivity contribution in [2.45, 2.75) is 19.1 Å². The van der Waals surface area contributed by atoms with Gasteiger partial charge in [0.15, 0.2) is 0 Å². The van der Waals surface area contributed by atoms with Gasteiger partial charge in [0, 0.05) is 24.6 Å². The molecule has 2 unspecified atom stereocenters. The lowest BCUT2D eigenvalue weighted by atomic mass is 10.2. The van der Waals surface area contributed by atoms with Gasteiger partial charge in [0.25, 0.3) is 0 Å². The summed E-state index contributed by atoms with van der Waals surface area (Å²) in [5, 5.41) is 0.876. The molecule has 0 radical (unpaired) electrons. The van der Waals surface area contributed by atoms with Gasteiger partial charge >= 0.3 is 0 Å². The Morgan fingerprint density at radius 1 is 1.53 bits per heavy atom. The molecular formula is C11H15BrN2O. The number of nitrogens with zero attached hydrogens (tertiary/aromatic N) is 2. The first kappa shape index (κ1) is 10.9. The van der Waals surface area contributed by atoms with E-state index in [2.05, 4.69) is 32.7 Å². The number of hydrogen-bond donors (Lipinski definition) is 0. The summed E-state index contributed by atoms with van der Waals surface area (Å²) >= 11 is 3.47. The van der Waals surface area contributed by atoms with Gasteiger partial charge < -0.3 is 9.64 Å². The number of aromatic nitrogens is 1. The summed E-state index contributed by atoms with van der Waals surface area (Å²) in [4.78, 5) is 6.64. The molecule has 2 rings (SSSR count). The molecule has 4 heteroatoms. The molecule has 15 heavy (non-hydrogen) atoms. The van der Waals surface area contributed by atoms with E-state index >= 15 is 0 Å². The smallest absolute Gasteiger partial charge is 0.128 e. The fourth-order valence-corrected chi connectivity index (χ4v) is 2.22. The predicted octanol–water partition coefficient (Wildman–Crippen LogP) is 2.07. The van der Waals surface area contributed by atoms with Crippen molar-refractivity contribution in [2.24, 2.45) is 0 Å². The first-order valence-electron chi connectivity index (χ1n) is 5.17. The van der Waals surface area contributed by atoms with Gasteiger partial charge in [0.1, 0.15) is 5.82 Å². The fourth-order valence-electron chi connectivity index (χ4n) is 1.86. The van der Waals surface area contributed by atoms with Crippen molar-refractivity contribution in [3.05, 3.63) is 24.4 Å². The van der Waals surface area contributed by atoms with E-state index in [1.807, 2.05) is 24.4 Å². The van der Waals surface area contributed by atoms with Crippen LogP contribution in [0.2, 0.25) is 0 Å². The summed E-state index contributed by atoms with van der Waals surface area (Å²) in [7, 11) is 0. The van der Waals surface area contributed by atoms with E-state index in [9.17, 15) is 0 Å². The molecule has 1 aromatic heterocycles. The molecule has 1 aliphatic heterocycles. The number of ether oxygens (including phenoxy) is 1. The average Bonchev–Trinajstić information content (AvgIpc) is 2.29. The largest absolute Gasteiger partial charge is 0.371 e. The van der Waals surface area contributed by atoms with Gasteiger partial charge in [-0.3, -0.25) is 0 Å². The van der Waals surface area contributed by atoms with Crippen molar-refractivity contribution in [1.29, 1.82) is 0 Å². The Labute approximate surface area is 98.6 Å². The van der Waals surface area contributed by atoms with Crippen molar-refractivity contribution in [2.75, 3.05) is 23.3 Å². The van der Waals surface area contributed by atoms with Crippen molar-refractivity contribution < 1.29 is 4.74 Å². The molecule has 0 N–H and O–H groups in total. The Balaban J connectivity index is 2.09. The molecule has 0 spiro atoms. The third-order valence-corrected chi connectivity index (χ3v) is 3.19. The Kier molecular flexibility index (Phi) is 3.59. The van der Waals surface area contributed by atoms with E-state index in [-0.39, 0.29) is 12.2 Å². The highest BCUT2D eigenvalue weighted by atomic mass is 79.9. The second kappa shape index (κ2) is 4.94. The van der Waals surface area contributed by atoms with Crippen molar-refractivity contribution >= 4 is 21.7 Å². The second-order valence-corrected chi connectivity index (χ2v) is 4.46. The highest BCUT2D eigenvalue weighted by Crippen LogP contribution is 2.18. The first-order chi connectivity index (χ1) is 7.29. The van der Waals surface area contributed by atoms with Crippen LogP contribution in [0.4, 0.5) is 5.82 Å². The predicted molar refractivity (Wildman–Crippen MR) is 64.6 cm³/mol. The Morgan fingerprint density at radius 2 is 2.40 bits per heavy atom. The Bertz CT molecular complexity index is 307. The summed E-state index contributed by atoms with van der Waals surface area (Å²) < 4.78 is 5.77. The maximum atomic E-state index is 5.77. The van der Waals surface area contributed by atoms with Gasteiger partial charge in [-0.05, 0) is 19.1 Å². The highest BCUT2D eigenvalue weighted by Gasteiger charge is 2.24. The van der Waals surface area contributed by atoms with Crippen LogP contribution in [0.5, 0.6) is 0 Å². The quantitative estimate of drug-likeness (QED) is 0.770. The molecule has 1 saturated heterocycles. The van der Waals surface area contributed by atoms with Gasteiger partial charge in [-0.25, -0.2) is 4.98 Å². The van der Waals surface area contributed by atoms with Crippen molar-refractivity contribution in [3.63, 3.8) is 0 Å². The molecule has 2 atom stereocenters. The van der Waals surface area contributed by atoms with Gasteiger partial charge in [-0.1, -0.05) is 22.0 Å². The lowest BCUT2D eigenvalue weighted by Gasteiger charge is -2.36. The number of rotatable bonds is 2. The van der Waals surface area contributed by atoms with Gasteiger partial charge in [-0.15, -0.1) is 0 Å². The van der Waals surface area contributed by atoms with E-state index in [4.69, 9.17) is 4.74 Å². The van der Waals surface area contributed by atoms with E-state index < -0.39 is 0 Å². The van der Waals surface area contributed by atoms with Crippen LogP contribution in [0.3, 0.4) is 0 Å². The van der Waals surface area contributed by atoms with Crippen LogP contribution in [0.25, 0.3) is 0 Å². The third kappa shape index (κ3) is 2.69. The van der Waals surface area contributed by atoms with Crippen molar-refractivity contribution in [3.8, 4) is 0 Å². The first-order valence-corrected chi connectivity index (χ1v) is 6.29. The molecule has 1 aromatic rings. The second-order valence-electron chi connectivity index (χ2n) is 3.82. The van der Waals surface area contributed by atoms with E-state index in [1.165, 1.54) is 0 Å². The van der Waals surface area contributed by atoms with Crippen LogP contribution in [-0.4, -0.2) is 35.6 Å². The standard InChI is InChI=1S/C11H15BrN2O/c1-9-7-14(8-10(6-12)15-9)11-4-2-3-5-13-11/h2-5,9-10H,6-8H2,1H3. The maximum Gasteiger partial charge on any atom is 0.128 e. The lowest BCUT2D eigenvalue weighted by molar-refractivity contribution is -0.00223. The molecule has 0 bridgehead atoms. The average molecular weight is 271 g/mol. The molecule has 82 valence electrons.